The Morgan fingerprint density at radius 3 is 2.69 bits per heavy atom. The molecule has 3 N–H and O–H groups in total. The highest BCUT2D eigenvalue weighted by Gasteiger charge is 2.20. The van der Waals surface area contributed by atoms with E-state index in [0.29, 0.717) is 0 Å². The number of aliphatic hydroxyl groups is 1. The third-order valence-electron chi connectivity index (χ3n) is 2.76. The molecule has 1 unspecified atom stereocenters. The Bertz CT molecular complexity index is 288. The maximum absolute atomic E-state index is 9.16. The van der Waals surface area contributed by atoms with Gasteiger partial charge in [-0.25, -0.2) is 0 Å². The van der Waals surface area contributed by atoms with Crippen molar-refractivity contribution in [2.24, 2.45) is 5.73 Å². The molecule has 0 bridgehead atoms. The molecule has 0 spiro atoms. The van der Waals surface area contributed by atoms with Gasteiger partial charge in [0.2, 0.25) is 0 Å². The Morgan fingerprint density at radius 1 is 1.44 bits per heavy atom. The zero-order valence-electron chi connectivity index (χ0n) is 9.72. The van der Waals surface area contributed by atoms with Gasteiger partial charge in [-0.2, -0.15) is 0 Å². The second-order valence-corrected chi connectivity index (χ2v) is 5.18. The quantitative estimate of drug-likeness (QED) is 0.566. The molecule has 16 heavy (non-hydrogen) atoms. The summed E-state index contributed by atoms with van der Waals surface area (Å²) in [5.41, 5.74) is 5.62. The maximum atomic E-state index is 9.16. The van der Waals surface area contributed by atoms with Crippen LogP contribution < -0.4 is 5.73 Å². The van der Waals surface area contributed by atoms with Gasteiger partial charge >= 0.3 is 0 Å². The van der Waals surface area contributed by atoms with Gasteiger partial charge in [-0.15, -0.1) is 11.8 Å². The average molecular weight is 240 g/mol. The Labute approximate surface area is 101 Å². The minimum absolute atomic E-state index is 0.0728. The number of rotatable bonds is 7. The van der Waals surface area contributed by atoms with Crippen LogP contribution >= 0.6 is 11.8 Å². The summed E-state index contributed by atoms with van der Waals surface area (Å²) in [5, 5.41) is 9.16. The minimum Gasteiger partial charge on any atom is -0.394 e. The van der Waals surface area contributed by atoms with Gasteiger partial charge in [0.1, 0.15) is 0 Å². The molecule has 0 saturated heterocycles. The number of thioether (sulfide) groups is 1. The molecule has 1 atom stereocenters. The molecule has 1 heterocycles. The molecule has 90 valence electrons. The van der Waals surface area contributed by atoms with E-state index in [1.54, 1.807) is 24.2 Å². The molecular formula is C12H20N2OS. The number of pyridine rings is 1. The van der Waals surface area contributed by atoms with Crippen LogP contribution in [0.3, 0.4) is 0 Å². The van der Waals surface area contributed by atoms with Gasteiger partial charge in [0.15, 0.2) is 0 Å². The molecule has 4 heteroatoms. The highest BCUT2D eigenvalue weighted by atomic mass is 32.2. The van der Waals surface area contributed by atoms with Gasteiger partial charge in [0.05, 0.1) is 6.61 Å². The lowest BCUT2D eigenvalue weighted by Crippen LogP contribution is -2.42. The van der Waals surface area contributed by atoms with Gasteiger partial charge in [-0.1, -0.05) is 6.92 Å². The minimum atomic E-state index is -0.390. The van der Waals surface area contributed by atoms with E-state index in [9.17, 15) is 0 Å². The average Bonchev–Trinajstić information content (AvgIpc) is 2.36. The largest absolute Gasteiger partial charge is 0.394 e. The second kappa shape index (κ2) is 6.89. The van der Waals surface area contributed by atoms with Gasteiger partial charge in [-0.05, 0) is 37.1 Å². The van der Waals surface area contributed by atoms with Crippen molar-refractivity contribution in [2.45, 2.75) is 36.6 Å². The fraction of sp³-hybridized carbons (Fsp3) is 0.583. The van der Waals surface area contributed by atoms with Crippen LogP contribution in [-0.2, 0) is 0 Å². The van der Waals surface area contributed by atoms with Crippen LogP contribution in [0.15, 0.2) is 29.4 Å². The van der Waals surface area contributed by atoms with Gasteiger partial charge < -0.3 is 10.8 Å². The van der Waals surface area contributed by atoms with Crippen molar-refractivity contribution in [2.75, 3.05) is 12.4 Å². The topological polar surface area (TPSA) is 59.1 Å². The van der Waals surface area contributed by atoms with Crippen molar-refractivity contribution in [3.63, 3.8) is 0 Å². The lowest BCUT2D eigenvalue weighted by atomic mass is 9.93. The predicted octanol–water partition coefficient (Wildman–Crippen LogP) is 2.05. The first-order valence-electron chi connectivity index (χ1n) is 5.63. The number of aromatic nitrogens is 1. The summed E-state index contributed by atoms with van der Waals surface area (Å²) in [6.45, 7) is 2.09. The normalized spacial score (nSPS) is 14.7. The van der Waals surface area contributed by atoms with E-state index in [-0.39, 0.29) is 6.61 Å². The van der Waals surface area contributed by atoms with Crippen LogP contribution in [-0.4, -0.2) is 28.0 Å². The SMILES string of the molecule is CCC(N)(CO)CCCSc1ccncc1. The first kappa shape index (κ1) is 13.5. The van der Waals surface area contributed by atoms with Crippen LogP contribution in [0.2, 0.25) is 0 Å². The van der Waals surface area contributed by atoms with Crippen molar-refractivity contribution in [1.82, 2.24) is 4.98 Å². The molecule has 0 fully saturated rings. The molecule has 0 amide bonds. The number of nitrogens with two attached hydrogens (primary N) is 1. The highest BCUT2D eigenvalue weighted by molar-refractivity contribution is 7.99. The Balaban J connectivity index is 2.22. The third kappa shape index (κ3) is 4.51. The lowest BCUT2D eigenvalue weighted by Gasteiger charge is -2.25. The summed E-state index contributed by atoms with van der Waals surface area (Å²) in [5.74, 6) is 1.03. The van der Waals surface area contributed by atoms with Crippen LogP contribution in [0.25, 0.3) is 0 Å². The molecule has 0 aliphatic carbocycles. The van der Waals surface area contributed by atoms with Crippen molar-refractivity contribution in [1.29, 1.82) is 0 Å². The van der Waals surface area contributed by atoms with Crippen LogP contribution in [0.5, 0.6) is 0 Å². The summed E-state index contributed by atoms with van der Waals surface area (Å²) in [6.07, 6.45) is 6.32. The van der Waals surface area contributed by atoms with Gasteiger partial charge in [-0.3, -0.25) is 4.98 Å². The van der Waals surface area contributed by atoms with Crippen LogP contribution in [0.4, 0.5) is 0 Å². The summed E-state index contributed by atoms with van der Waals surface area (Å²) in [4.78, 5) is 5.21. The Kier molecular flexibility index (Phi) is 5.80. The summed E-state index contributed by atoms with van der Waals surface area (Å²) >= 11 is 1.80. The molecule has 0 saturated carbocycles. The van der Waals surface area contributed by atoms with Crippen LogP contribution in [0.1, 0.15) is 26.2 Å². The van der Waals surface area contributed by atoms with E-state index in [0.717, 1.165) is 25.0 Å². The molecule has 0 radical (unpaired) electrons. The smallest absolute Gasteiger partial charge is 0.0611 e. The first-order valence-corrected chi connectivity index (χ1v) is 6.61. The van der Waals surface area contributed by atoms with E-state index in [2.05, 4.69) is 4.98 Å². The van der Waals surface area contributed by atoms with E-state index in [4.69, 9.17) is 10.8 Å². The van der Waals surface area contributed by atoms with Gasteiger partial charge in [0, 0.05) is 22.8 Å². The summed E-state index contributed by atoms with van der Waals surface area (Å²) in [6, 6.07) is 4.01. The molecule has 1 aromatic rings. The molecule has 0 aromatic carbocycles. The third-order valence-corrected chi connectivity index (χ3v) is 3.85. The van der Waals surface area contributed by atoms with E-state index >= 15 is 0 Å². The van der Waals surface area contributed by atoms with Crippen molar-refractivity contribution in [3.8, 4) is 0 Å². The monoisotopic (exact) mass is 240 g/mol. The van der Waals surface area contributed by atoms with E-state index < -0.39 is 5.54 Å². The number of aliphatic hydroxyl groups excluding tert-OH is 1. The fourth-order valence-electron chi connectivity index (χ4n) is 1.42. The summed E-state index contributed by atoms with van der Waals surface area (Å²) in [7, 11) is 0. The van der Waals surface area contributed by atoms with Crippen LogP contribution in [0, 0.1) is 0 Å². The molecule has 0 aliphatic rings. The molecule has 0 aliphatic heterocycles. The second-order valence-electron chi connectivity index (χ2n) is 4.01. The number of hydrogen-bond donors (Lipinski definition) is 2. The first-order chi connectivity index (χ1) is 7.70. The van der Waals surface area contributed by atoms with Crippen molar-refractivity contribution < 1.29 is 5.11 Å². The standard InChI is InChI=1S/C12H20N2OS/c1-2-12(13,10-15)6-3-9-16-11-4-7-14-8-5-11/h4-5,7-8,15H,2-3,6,9-10,13H2,1H3. The van der Waals surface area contributed by atoms with E-state index in [1.165, 1.54) is 4.90 Å². The zero-order valence-corrected chi connectivity index (χ0v) is 10.5. The molecule has 1 aromatic heterocycles. The fourth-order valence-corrected chi connectivity index (χ4v) is 2.25. The molecular weight excluding hydrogens is 220 g/mol. The lowest BCUT2D eigenvalue weighted by molar-refractivity contribution is 0.182. The molecule has 3 nitrogen and oxygen atoms in total. The van der Waals surface area contributed by atoms with Gasteiger partial charge in [0.25, 0.3) is 0 Å². The summed E-state index contributed by atoms with van der Waals surface area (Å²) < 4.78 is 0. The number of hydrogen-bond acceptors (Lipinski definition) is 4. The Hall–Kier alpha value is -0.580. The van der Waals surface area contributed by atoms with Crippen molar-refractivity contribution >= 4 is 11.8 Å². The Morgan fingerprint density at radius 2 is 2.12 bits per heavy atom. The van der Waals surface area contributed by atoms with E-state index in [1.807, 2.05) is 19.1 Å². The highest BCUT2D eigenvalue weighted by Crippen LogP contribution is 2.20. The van der Waals surface area contributed by atoms with Crippen molar-refractivity contribution in [3.05, 3.63) is 24.5 Å². The predicted molar refractivity (Wildman–Crippen MR) is 68.5 cm³/mol. The number of nitrogens with zero attached hydrogens (tertiary/aromatic N) is 1. The molecule has 1 rings (SSSR count). The maximum Gasteiger partial charge on any atom is 0.0611 e. The zero-order chi connectivity index (χ0) is 11.9.